The fourth-order valence-corrected chi connectivity index (χ4v) is 2.94. The average Bonchev–Trinajstić information content (AvgIpc) is 2.40. The van der Waals surface area contributed by atoms with Crippen molar-refractivity contribution in [1.82, 2.24) is 4.90 Å². The second kappa shape index (κ2) is 8.31. The number of hydrogen-bond donors (Lipinski definition) is 0. The van der Waals surface area contributed by atoms with Gasteiger partial charge in [0, 0.05) is 13.1 Å². The Morgan fingerprint density at radius 2 is 1.74 bits per heavy atom. The molecule has 0 aliphatic carbocycles. The average molecular weight is 289 g/mol. The molecular weight excluding hydrogens is 265 g/mol. The number of aliphatic imine (C=N–C) groups is 1. The van der Waals surface area contributed by atoms with Crippen LogP contribution in [0.25, 0.3) is 0 Å². The fourth-order valence-electron chi connectivity index (χ4n) is 1.37. The fraction of sp³-hybridized carbons (Fsp3) is 0.833. The van der Waals surface area contributed by atoms with Crippen LogP contribution < -0.4 is 0 Å². The van der Waals surface area contributed by atoms with Gasteiger partial charge in [0.2, 0.25) is 5.28 Å². The van der Waals surface area contributed by atoms with E-state index in [4.69, 9.17) is 9.05 Å². The predicted molar refractivity (Wildman–Crippen MR) is 76.3 cm³/mol. The van der Waals surface area contributed by atoms with E-state index in [0.717, 1.165) is 13.1 Å². The minimum atomic E-state index is -3.60. The molecule has 0 aliphatic heterocycles. The summed E-state index contributed by atoms with van der Waals surface area (Å²) in [6.07, 6.45) is 1.54. The summed E-state index contributed by atoms with van der Waals surface area (Å²) < 4.78 is 23.1. The van der Waals surface area contributed by atoms with E-state index in [9.17, 15) is 9.83 Å². The first-order valence-corrected chi connectivity index (χ1v) is 8.07. The van der Waals surface area contributed by atoms with Crippen LogP contribution in [0.4, 0.5) is 0 Å². The smallest absolute Gasteiger partial charge is 0.363 e. The van der Waals surface area contributed by atoms with E-state index >= 15 is 0 Å². The molecule has 1 atom stereocenters. The molecule has 0 aromatic rings. The van der Waals surface area contributed by atoms with Gasteiger partial charge in [-0.3, -0.25) is 4.57 Å². The van der Waals surface area contributed by atoms with Crippen molar-refractivity contribution in [3.63, 3.8) is 0 Å². The molecule has 0 spiro atoms. The van der Waals surface area contributed by atoms with Gasteiger partial charge in [-0.25, -0.2) is 4.99 Å². The Hall–Kier alpha value is -0.890. The van der Waals surface area contributed by atoms with Gasteiger partial charge in [0.15, 0.2) is 0 Å². The van der Waals surface area contributed by atoms with E-state index in [1.807, 2.05) is 24.8 Å². The van der Waals surface area contributed by atoms with Crippen LogP contribution in [0.15, 0.2) is 4.99 Å². The van der Waals surface area contributed by atoms with Gasteiger partial charge >= 0.3 is 7.60 Å². The summed E-state index contributed by atoms with van der Waals surface area (Å²) in [5, 5.41) is 7.79. The lowest BCUT2D eigenvalue weighted by Gasteiger charge is -2.27. The summed E-state index contributed by atoms with van der Waals surface area (Å²) in [4.78, 5) is 6.05. The highest BCUT2D eigenvalue weighted by molar-refractivity contribution is 7.56. The molecule has 0 aliphatic rings. The summed E-state index contributed by atoms with van der Waals surface area (Å²) in [7, 11) is -3.60. The van der Waals surface area contributed by atoms with E-state index in [0.29, 0.717) is 0 Å². The zero-order valence-corrected chi connectivity index (χ0v) is 13.3. The summed E-state index contributed by atoms with van der Waals surface area (Å²) in [6, 6.07) is 1.95. The highest BCUT2D eigenvalue weighted by atomic mass is 31.2. The third-order valence-corrected chi connectivity index (χ3v) is 5.11. The predicted octanol–water partition coefficient (Wildman–Crippen LogP) is 2.86. The molecule has 0 amide bonds. The van der Waals surface area contributed by atoms with Gasteiger partial charge in [-0.2, -0.15) is 5.26 Å². The molecule has 110 valence electrons. The minimum Gasteiger partial charge on any atom is -0.363 e. The molecule has 0 aromatic heterocycles. The molecular formula is C12H24N3O3P. The van der Waals surface area contributed by atoms with Crippen molar-refractivity contribution >= 4 is 13.9 Å². The van der Waals surface area contributed by atoms with Crippen LogP contribution in [0, 0.1) is 11.3 Å². The van der Waals surface area contributed by atoms with Crippen molar-refractivity contribution in [2.24, 2.45) is 4.99 Å². The lowest BCUT2D eigenvalue weighted by atomic mass is 10.4. The van der Waals surface area contributed by atoms with Crippen molar-refractivity contribution in [2.75, 3.05) is 26.3 Å². The molecule has 0 saturated carbocycles. The van der Waals surface area contributed by atoms with E-state index in [1.165, 1.54) is 13.3 Å². The lowest BCUT2D eigenvalue weighted by molar-refractivity contribution is 0.206. The van der Waals surface area contributed by atoms with Crippen molar-refractivity contribution in [3.05, 3.63) is 0 Å². The normalized spacial score (nSPS) is 15.2. The first kappa shape index (κ1) is 18.1. The van der Waals surface area contributed by atoms with E-state index < -0.39 is 12.9 Å². The van der Waals surface area contributed by atoms with Crippen LogP contribution in [-0.2, 0) is 13.6 Å². The molecule has 0 saturated heterocycles. The molecule has 0 heterocycles. The van der Waals surface area contributed by atoms with Crippen molar-refractivity contribution in [1.29, 1.82) is 5.26 Å². The Morgan fingerprint density at radius 1 is 1.26 bits per heavy atom. The standard InChI is InChI=1S/C12H24N3O3P/c1-6-15(7-2)11-14-12(5,10-13)19(16,17-8-3)18-9-4/h11H,6-9H2,1-5H3. The number of nitrogens with zero attached hydrogens (tertiary/aromatic N) is 3. The summed E-state index contributed by atoms with van der Waals surface area (Å²) in [6.45, 7) is 10.8. The Morgan fingerprint density at radius 3 is 2.05 bits per heavy atom. The maximum Gasteiger partial charge on any atom is 0.372 e. The van der Waals surface area contributed by atoms with Crippen LogP contribution in [0.2, 0.25) is 0 Å². The Balaban J connectivity index is 5.32. The molecule has 0 radical (unpaired) electrons. The molecule has 0 aromatic carbocycles. The molecule has 19 heavy (non-hydrogen) atoms. The first-order chi connectivity index (χ1) is 8.92. The molecule has 0 rings (SSSR count). The lowest BCUT2D eigenvalue weighted by Crippen LogP contribution is -2.27. The van der Waals surface area contributed by atoms with Crippen LogP contribution >= 0.6 is 7.60 Å². The largest absolute Gasteiger partial charge is 0.372 e. The van der Waals surface area contributed by atoms with Crippen LogP contribution in [-0.4, -0.2) is 42.8 Å². The van der Waals surface area contributed by atoms with Gasteiger partial charge in [0.05, 0.1) is 19.6 Å². The maximum atomic E-state index is 12.7. The SMILES string of the molecule is CCOP(=O)(OCC)C(C)(C#N)N=CN(CC)CC. The molecule has 7 heteroatoms. The van der Waals surface area contributed by atoms with Crippen molar-refractivity contribution in [2.45, 2.75) is 39.9 Å². The van der Waals surface area contributed by atoms with Gasteiger partial charge in [-0.05, 0) is 34.6 Å². The number of rotatable bonds is 9. The second-order valence-corrected chi connectivity index (χ2v) is 6.31. The zero-order chi connectivity index (χ0) is 14.9. The quantitative estimate of drug-likeness (QED) is 0.370. The molecule has 1 unspecified atom stereocenters. The van der Waals surface area contributed by atoms with Gasteiger partial charge in [-0.15, -0.1) is 0 Å². The third kappa shape index (κ3) is 4.61. The second-order valence-electron chi connectivity index (χ2n) is 3.93. The highest BCUT2D eigenvalue weighted by Crippen LogP contribution is 2.60. The van der Waals surface area contributed by atoms with E-state index in [-0.39, 0.29) is 13.2 Å². The van der Waals surface area contributed by atoms with Crippen molar-refractivity contribution in [3.8, 4) is 6.07 Å². The Bertz CT molecular complexity index is 367. The maximum absolute atomic E-state index is 12.7. The van der Waals surface area contributed by atoms with Gasteiger partial charge in [-0.1, -0.05) is 0 Å². The summed E-state index contributed by atoms with van der Waals surface area (Å²) in [5.41, 5.74) is 0. The Labute approximate surface area is 115 Å². The van der Waals surface area contributed by atoms with Crippen LogP contribution in [0.3, 0.4) is 0 Å². The minimum absolute atomic E-state index is 0.204. The molecule has 6 nitrogen and oxygen atoms in total. The number of nitriles is 1. The highest BCUT2D eigenvalue weighted by Gasteiger charge is 2.48. The van der Waals surface area contributed by atoms with E-state index in [1.54, 1.807) is 13.8 Å². The molecule has 0 N–H and O–H groups in total. The number of hydrogen-bond acceptors (Lipinski definition) is 5. The first-order valence-electron chi connectivity index (χ1n) is 6.52. The van der Waals surface area contributed by atoms with Gasteiger partial charge < -0.3 is 13.9 Å². The van der Waals surface area contributed by atoms with Gasteiger partial charge in [0.1, 0.15) is 6.07 Å². The van der Waals surface area contributed by atoms with Crippen LogP contribution in [0.5, 0.6) is 0 Å². The molecule has 0 bridgehead atoms. The zero-order valence-electron chi connectivity index (χ0n) is 12.4. The molecule has 0 fully saturated rings. The monoisotopic (exact) mass is 289 g/mol. The summed E-state index contributed by atoms with van der Waals surface area (Å²) in [5.74, 6) is 0. The van der Waals surface area contributed by atoms with Gasteiger partial charge in [0.25, 0.3) is 0 Å². The topological polar surface area (TPSA) is 74.9 Å². The van der Waals surface area contributed by atoms with E-state index in [2.05, 4.69) is 4.99 Å². The summed E-state index contributed by atoms with van der Waals surface area (Å²) >= 11 is 0. The van der Waals surface area contributed by atoms with Crippen molar-refractivity contribution < 1.29 is 13.6 Å². The van der Waals surface area contributed by atoms with Crippen LogP contribution in [0.1, 0.15) is 34.6 Å². The third-order valence-electron chi connectivity index (χ3n) is 2.63. The Kier molecular flexibility index (Phi) is 7.93.